The van der Waals surface area contributed by atoms with Crippen LogP contribution in [0.1, 0.15) is 17.4 Å². The highest BCUT2D eigenvalue weighted by Crippen LogP contribution is 2.24. The van der Waals surface area contributed by atoms with Crippen molar-refractivity contribution in [3.8, 4) is 0 Å². The van der Waals surface area contributed by atoms with Crippen molar-refractivity contribution in [2.75, 3.05) is 44.6 Å². The van der Waals surface area contributed by atoms with Crippen molar-refractivity contribution >= 4 is 22.4 Å². The molecule has 23 heavy (non-hydrogen) atoms. The third-order valence-electron chi connectivity index (χ3n) is 3.46. The van der Waals surface area contributed by atoms with Crippen LogP contribution in [0.25, 0.3) is 0 Å². The minimum Gasteiger partial charge on any atom is -0.362 e. The summed E-state index contributed by atoms with van der Waals surface area (Å²) in [7, 11) is 0. The second-order valence-electron chi connectivity index (χ2n) is 5.20. The molecule has 0 saturated carbocycles. The number of alkyl halides is 4. The summed E-state index contributed by atoms with van der Waals surface area (Å²) in [4.78, 5) is 19.2. The summed E-state index contributed by atoms with van der Waals surface area (Å²) in [5.74, 6) is -4.30. The number of nitrogens with one attached hydrogen (secondary N) is 1. The number of piperazine rings is 1. The number of aromatic nitrogens is 1. The molecular weight excluding hydrogens is 336 g/mol. The first-order valence-electron chi connectivity index (χ1n) is 7.20. The Morgan fingerprint density at radius 2 is 2.04 bits per heavy atom. The van der Waals surface area contributed by atoms with Gasteiger partial charge in [0.1, 0.15) is 5.69 Å². The number of thiazole rings is 1. The minimum absolute atomic E-state index is 0.137. The maximum atomic E-state index is 13.0. The van der Waals surface area contributed by atoms with Crippen LogP contribution in [0.4, 0.5) is 22.7 Å². The monoisotopic (exact) mass is 354 g/mol. The molecule has 1 aliphatic heterocycles. The van der Waals surface area contributed by atoms with Crippen LogP contribution in [0.5, 0.6) is 0 Å². The molecule has 2 rings (SSSR count). The SMILES string of the molecule is CCNc1nc(C(=O)N2CCN(CC(F)(F)C(F)F)CC2)cs1. The highest BCUT2D eigenvalue weighted by Gasteiger charge is 2.42. The lowest BCUT2D eigenvalue weighted by molar-refractivity contribution is -0.144. The van der Waals surface area contributed by atoms with Crippen molar-refractivity contribution in [2.24, 2.45) is 0 Å². The van der Waals surface area contributed by atoms with Gasteiger partial charge in [0.05, 0.1) is 6.54 Å². The van der Waals surface area contributed by atoms with Gasteiger partial charge in [-0.1, -0.05) is 0 Å². The molecule has 10 heteroatoms. The standard InChI is InChI=1S/C13H18F4N4OS/c1-2-18-12-19-9(7-23-12)10(22)21-5-3-20(4-6-21)8-13(16,17)11(14)15/h7,11H,2-6,8H2,1H3,(H,18,19). The van der Waals surface area contributed by atoms with Gasteiger partial charge in [0.25, 0.3) is 5.91 Å². The molecule has 0 aromatic carbocycles. The van der Waals surface area contributed by atoms with Gasteiger partial charge < -0.3 is 10.2 Å². The van der Waals surface area contributed by atoms with Crippen LogP contribution in [-0.4, -0.2) is 72.3 Å². The topological polar surface area (TPSA) is 48.5 Å². The third kappa shape index (κ3) is 4.54. The smallest absolute Gasteiger partial charge is 0.319 e. The lowest BCUT2D eigenvalue weighted by atomic mass is 10.2. The van der Waals surface area contributed by atoms with Gasteiger partial charge in [-0.25, -0.2) is 13.8 Å². The number of anilines is 1. The summed E-state index contributed by atoms with van der Waals surface area (Å²) in [5.41, 5.74) is 0.303. The molecule has 0 atom stereocenters. The van der Waals surface area contributed by atoms with E-state index in [4.69, 9.17) is 0 Å². The van der Waals surface area contributed by atoms with Crippen LogP contribution >= 0.6 is 11.3 Å². The first-order valence-corrected chi connectivity index (χ1v) is 8.08. The molecule has 0 bridgehead atoms. The van der Waals surface area contributed by atoms with Crippen LogP contribution in [-0.2, 0) is 0 Å². The normalized spacial score (nSPS) is 16.9. The Morgan fingerprint density at radius 1 is 1.39 bits per heavy atom. The Balaban J connectivity index is 1.87. The second kappa shape index (κ2) is 7.43. The summed E-state index contributed by atoms with van der Waals surface area (Å²) in [6.07, 6.45) is -3.68. The molecule has 1 aromatic heterocycles. The minimum atomic E-state index is -4.03. The Bertz CT molecular complexity index is 532. The number of hydrogen-bond acceptors (Lipinski definition) is 5. The lowest BCUT2D eigenvalue weighted by Crippen LogP contribution is -2.52. The average molecular weight is 354 g/mol. The van der Waals surface area contributed by atoms with Crippen molar-refractivity contribution in [1.29, 1.82) is 0 Å². The first-order chi connectivity index (χ1) is 10.8. The summed E-state index contributed by atoms with van der Waals surface area (Å²) in [6.45, 7) is 2.32. The van der Waals surface area contributed by atoms with Crippen molar-refractivity contribution < 1.29 is 22.4 Å². The predicted octanol–water partition coefficient (Wildman–Crippen LogP) is 2.23. The van der Waals surface area contributed by atoms with Gasteiger partial charge in [0.15, 0.2) is 5.13 Å². The molecule has 1 aliphatic rings. The van der Waals surface area contributed by atoms with Gasteiger partial charge >= 0.3 is 12.3 Å². The van der Waals surface area contributed by atoms with Gasteiger partial charge in [-0.15, -0.1) is 11.3 Å². The molecule has 0 spiro atoms. The first kappa shape index (κ1) is 17.9. The van der Waals surface area contributed by atoms with E-state index in [0.29, 0.717) is 17.4 Å². The van der Waals surface area contributed by atoms with E-state index in [0.717, 1.165) is 0 Å². The molecule has 0 aliphatic carbocycles. The van der Waals surface area contributed by atoms with Gasteiger partial charge in [-0.3, -0.25) is 9.69 Å². The molecule has 1 fully saturated rings. The number of carbonyl (C=O) groups is 1. The van der Waals surface area contributed by atoms with E-state index in [1.165, 1.54) is 21.1 Å². The fourth-order valence-electron chi connectivity index (χ4n) is 2.24. The number of amides is 1. The number of carbonyl (C=O) groups excluding carboxylic acids is 1. The zero-order valence-electron chi connectivity index (χ0n) is 12.6. The molecule has 1 N–H and O–H groups in total. The Hall–Kier alpha value is -1.42. The van der Waals surface area contributed by atoms with E-state index in [-0.39, 0.29) is 32.1 Å². The van der Waals surface area contributed by atoms with Crippen LogP contribution in [0, 0.1) is 0 Å². The van der Waals surface area contributed by atoms with Crippen molar-refractivity contribution in [2.45, 2.75) is 19.3 Å². The van der Waals surface area contributed by atoms with Crippen molar-refractivity contribution in [1.82, 2.24) is 14.8 Å². The summed E-state index contributed by atoms with van der Waals surface area (Å²) in [5, 5.41) is 5.28. The van der Waals surface area contributed by atoms with Crippen LogP contribution in [0.2, 0.25) is 0 Å². The lowest BCUT2D eigenvalue weighted by Gasteiger charge is -2.35. The molecule has 130 valence electrons. The largest absolute Gasteiger partial charge is 0.362 e. The Kier molecular flexibility index (Phi) is 5.79. The molecule has 1 amide bonds. The van der Waals surface area contributed by atoms with E-state index in [1.54, 1.807) is 5.38 Å². The molecule has 0 unspecified atom stereocenters. The maximum absolute atomic E-state index is 13.0. The van der Waals surface area contributed by atoms with Gasteiger partial charge in [-0.05, 0) is 6.92 Å². The Labute approximate surface area is 135 Å². The number of rotatable bonds is 6. The van der Waals surface area contributed by atoms with Crippen molar-refractivity contribution in [3.63, 3.8) is 0 Å². The molecule has 2 heterocycles. The van der Waals surface area contributed by atoms with E-state index in [1.807, 2.05) is 6.92 Å². The number of halogens is 4. The predicted molar refractivity (Wildman–Crippen MR) is 79.6 cm³/mol. The zero-order valence-corrected chi connectivity index (χ0v) is 13.4. The highest BCUT2D eigenvalue weighted by atomic mass is 32.1. The van der Waals surface area contributed by atoms with Crippen LogP contribution in [0.15, 0.2) is 5.38 Å². The van der Waals surface area contributed by atoms with E-state index in [2.05, 4.69) is 10.3 Å². The number of nitrogens with zero attached hydrogens (tertiary/aromatic N) is 3. The van der Waals surface area contributed by atoms with Crippen molar-refractivity contribution in [3.05, 3.63) is 11.1 Å². The van der Waals surface area contributed by atoms with E-state index in [9.17, 15) is 22.4 Å². The van der Waals surface area contributed by atoms with E-state index >= 15 is 0 Å². The third-order valence-corrected chi connectivity index (χ3v) is 4.26. The molecule has 0 radical (unpaired) electrons. The summed E-state index contributed by atoms with van der Waals surface area (Å²) >= 11 is 1.32. The fourth-order valence-corrected chi connectivity index (χ4v) is 3.00. The molecule has 1 saturated heterocycles. The van der Waals surface area contributed by atoms with Gasteiger partial charge in [0.2, 0.25) is 0 Å². The number of hydrogen-bond donors (Lipinski definition) is 1. The molecule has 1 aromatic rings. The maximum Gasteiger partial charge on any atom is 0.319 e. The highest BCUT2D eigenvalue weighted by molar-refractivity contribution is 7.13. The molecule has 5 nitrogen and oxygen atoms in total. The van der Waals surface area contributed by atoms with Gasteiger partial charge in [-0.2, -0.15) is 8.78 Å². The average Bonchev–Trinajstić information content (AvgIpc) is 2.96. The molecular formula is C13H18F4N4OS. The van der Waals surface area contributed by atoms with Crippen LogP contribution in [0.3, 0.4) is 0 Å². The zero-order chi connectivity index (χ0) is 17.0. The van der Waals surface area contributed by atoms with Gasteiger partial charge in [0, 0.05) is 38.1 Å². The Morgan fingerprint density at radius 3 is 2.61 bits per heavy atom. The summed E-state index contributed by atoms with van der Waals surface area (Å²) < 4.78 is 50.5. The fraction of sp³-hybridized carbons (Fsp3) is 0.692. The quantitative estimate of drug-likeness (QED) is 0.796. The van der Waals surface area contributed by atoms with Crippen LogP contribution < -0.4 is 5.32 Å². The summed E-state index contributed by atoms with van der Waals surface area (Å²) in [6, 6.07) is 0. The van der Waals surface area contributed by atoms with E-state index < -0.39 is 18.9 Å². The second-order valence-corrected chi connectivity index (χ2v) is 6.06.